The molecule has 1 heterocycles. The molecule has 1 aliphatic heterocycles. The number of nitrogens with one attached hydrogen (secondary N) is 2. The van der Waals surface area contributed by atoms with Crippen molar-refractivity contribution in [3.63, 3.8) is 0 Å². The summed E-state index contributed by atoms with van der Waals surface area (Å²) in [7, 11) is 1.71. The van der Waals surface area contributed by atoms with Crippen molar-refractivity contribution in [3.8, 4) is 5.75 Å². The number of para-hydroxylation sites is 2. The Labute approximate surface area is 220 Å². The van der Waals surface area contributed by atoms with E-state index in [0.717, 1.165) is 69.3 Å². The van der Waals surface area contributed by atoms with Crippen LogP contribution in [0.4, 0.5) is 5.69 Å². The summed E-state index contributed by atoms with van der Waals surface area (Å²) >= 11 is 0. The van der Waals surface area contributed by atoms with E-state index in [9.17, 15) is 14.4 Å². The van der Waals surface area contributed by atoms with Crippen LogP contribution in [0.2, 0.25) is 0 Å². The molecule has 2 aliphatic carbocycles. The molecule has 3 aliphatic rings. The number of methoxy groups -OCH3 is 1. The molecule has 4 N–H and O–H groups in total. The molecule has 1 aromatic rings. The first-order valence-corrected chi connectivity index (χ1v) is 13.9. The lowest BCUT2D eigenvalue weighted by Gasteiger charge is -2.36. The lowest BCUT2D eigenvalue weighted by Crippen LogP contribution is -2.49. The van der Waals surface area contributed by atoms with Gasteiger partial charge in [-0.3, -0.25) is 19.3 Å². The largest absolute Gasteiger partial charge is 0.495 e. The number of fused-ring (bicyclic) bond motifs is 2. The Balaban J connectivity index is 1.12. The summed E-state index contributed by atoms with van der Waals surface area (Å²) in [6.45, 7) is 5.36. The lowest BCUT2D eigenvalue weighted by molar-refractivity contribution is -0.131. The highest BCUT2D eigenvalue weighted by molar-refractivity contribution is 5.91. The Morgan fingerprint density at radius 2 is 1.86 bits per heavy atom. The number of ether oxygens (including phenoxy) is 1. The minimum atomic E-state index is -0.897. The minimum Gasteiger partial charge on any atom is -0.495 e. The number of hydrogen-bond acceptors (Lipinski definition) is 6. The summed E-state index contributed by atoms with van der Waals surface area (Å²) in [5, 5.41) is 5.67. The van der Waals surface area contributed by atoms with Gasteiger partial charge in [-0.1, -0.05) is 18.6 Å². The van der Waals surface area contributed by atoms with Crippen LogP contribution in [0.15, 0.2) is 24.3 Å². The molecule has 0 aromatic heterocycles. The molecular formula is C28H43N5O4. The van der Waals surface area contributed by atoms with Crippen molar-refractivity contribution in [2.45, 2.75) is 57.4 Å². The molecule has 0 radical (unpaired) electrons. The van der Waals surface area contributed by atoms with Gasteiger partial charge in [0, 0.05) is 39.1 Å². The van der Waals surface area contributed by atoms with E-state index in [2.05, 4.69) is 26.5 Å². The van der Waals surface area contributed by atoms with Gasteiger partial charge >= 0.3 is 0 Å². The number of amides is 3. The van der Waals surface area contributed by atoms with E-state index in [1.54, 1.807) is 7.11 Å². The second-order valence-electron chi connectivity index (χ2n) is 10.9. The third-order valence-corrected chi connectivity index (χ3v) is 8.39. The SMILES string of the molecule is COc1ccccc1N1CCN(CCCCNC(=O)[C@H](CC(N)=O)NC(=O)CC2CC3CCC2C3)CC1. The maximum absolute atomic E-state index is 12.7. The van der Waals surface area contributed by atoms with Crippen molar-refractivity contribution >= 4 is 23.4 Å². The zero-order valence-corrected chi connectivity index (χ0v) is 22.1. The average Bonchev–Trinajstić information content (AvgIpc) is 3.51. The number of unbranched alkanes of at least 4 members (excludes halogenated alkanes) is 1. The number of carbonyl (C=O) groups is 3. The fourth-order valence-corrected chi connectivity index (χ4v) is 6.43. The zero-order valence-electron chi connectivity index (χ0n) is 22.1. The smallest absolute Gasteiger partial charge is 0.243 e. The van der Waals surface area contributed by atoms with Gasteiger partial charge < -0.3 is 26.0 Å². The highest BCUT2D eigenvalue weighted by Crippen LogP contribution is 2.49. The molecule has 4 atom stereocenters. The van der Waals surface area contributed by atoms with Crippen molar-refractivity contribution in [1.82, 2.24) is 15.5 Å². The van der Waals surface area contributed by atoms with Crippen LogP contribution in [-0.2, 0) is 14.4 Å². The first-order chi connectivity index (χ1) is 17.9. The molecule has 37 heavy (non-hydrogen) atoms. The number of benzene rings is 1. The standard InChI is InChI=1S/C28H43N5O4/c1-37-25-7-3-2-6-24(25)33-14-12-32(13-15-33)11-5-4-10-30-28(36)23(19-26(29)34)31-27(35)18-22-17-20-8-9-21(22)16-20/h2-3,6-7,20-23H,4-5,8-19H2,1H3,(H2,29,34)(H,30,36)(H,31,35)/t20?,21?,22?,23-/m0/s1. The van der Waals surface area contributed by atoms with E-state index in [1.165, 1.54) is 19.3 Å². The Hall–Kier alpha value is -2.81. The number of nitrogens with zero attached hydrogens (tertiary/aromatic N) is 2. The van der Waals surface area contributed by atoms with Gasteiger partial charge in [0.15, 0.2) is 0 Å². The summed E-state index contributed by atoms with van der Waals surface area (Å²) < 4.78 is 5.50. The van der Waals surface area contributed by atoms with Gasteiger partial charge in [-0.05, 0) is 68.5 Å². The number of anilines is 1. The molecule has 204 valence electrons. The maximum atomic E-state index is 12.7. The van der Waals surface area contributed by atoms with Crippen LogP contribution < -0.4 is 26.0 Å². The van der Waals surface area contributed by atoms with Gasteiger partial charge in [-0.25, -0.2) is 0 Å². The van der Waals surface area contributed by atoms with Gasteiger partial charge in [-0.2, -0.15) is 0 Å². The molecule has 2 saturated carbocycles. The highest BCUT2D eigenvalue weighted by atomic mass is 16.5. The lowest BCUT2D eigenvalue weighted by atomic mass is 9.86. The molecule has 1 aromatic carbocycles. The normalized spacial score (nSPS) is 24.0. The summed E-state index contributed by atoms with van der Waals surface area (Å²) in [6, 6.07) is 7.22. The number of piperazine rings is 1. The van der Waals surface area contributed by atoms with Crippen LogP contribution in [0, 0.1) is 17.8 Å². The molecule has 4 rings (SSSR count). The summed E-state index contributed by atoms with van der Waals surface area (Å²) in [5.74, 6) is 1.66. The Kier molecular flexibility index (Phi) is 9.66. The van der Waals surface area contributed by atoms with E-state index in [-0.39, 0.29) is 18.2 Å². The zero-order chi connectivity index (χ0) is 26.2. The average molecular weight is 514 g/mol. The van der Waals surface area contributed by atoms with Crippen LogP contribution in [0.25, 0.3) is 0 Å². The number of nitrogens with two attached hydrogens (primary N) is 1. The van der Waals surface area contributed by atoms with Crippen molar-refractivity contribution in [3.05, 3.63) is 24.3 Å². The van der Waals surface area contributed by atoms with Gasteiger partial charge in [-0.15, -0.1) is 0 Å². The maximum Gasteiger partial charge on any atom is 0.243 e. The van der Waals surface area contributed by atoms with Crippen LogP contribution in [0.3, 0.4) is 0 Å². The quantitative estimate of drug-likeness (QED) is 0.347. The van der Waals surface area contributed by atoms with Gasteiger partial charge in [0.1, 0.15) is 11.8 Å². The second kappa shape index (κ2) is 13.1. The molecule has 3 fully saturated rings. The number of hydrogen-bond donors (Lipinski definition) is 3. The fraction of sp³-hybridized carbons (Fsp3) is 0.679. The van der Waals surface area contributed by atoms with Crippen LogP contribution in [-0.4, -0.2) is 75.0 Å². The van der Waals surface area contributed by atoms with Crippen molar-refractivity contribution in [2.75, 3.05) is 51.3 Å². The van der Waals surface area contributed by atoms with E-state index < -0.39 is 11.9 Å². The summed E-state index contributed by atoms with van der Waals surface area (Å²) in [5.41, 5.74) is 6.50. The van der Waals surface area contributed by atoms with E-state index in [4.69, 9.17) is 10.5 Å². The van der Waals surface area contributed by atoms with E-state index in [1.807, 2.05) is 18.2 Å². The fourth-order valence-electron chi connectivity index (χ4n) is 6.43. The van der Waals surface area contributed by atoms with Gasteiger partial charge in [0.25, 0.3) is 0 Å². The molecule has 9 nitrogen and oxygen atoms in total. The van der Waals surface area contributed by atoms with Gasteiger partial charge in [0.2, 0.25) is 17.7 Å². The monoisotopic (exact) mass is 513 g/mol. The number of primary amides is 1. The molecular weight excluding hydrogens is 470 g/mol. The van der Waals surface area contributed by atoms with Crippen LogP contribution >= 0.6 is 0 Å². The molecule has 0 spiro atoms. The summed E-state index contributed by atoms with van der Waals surface area (Å²) in [6.07, 6.45) is 6.91. The van der Waals surface area contributed by atoms with Gasteiger partial charge in [0.05, 0.1) is 19.2 Å². The molecule has 3 amide bonds. The predicted molar refractivity (Wildman–Crippen MR) is 143 cm³/mol. The third-order valence-electron chi connectivity index (χ3n) is 8.39. The Morgan fingerprint density at radius 1 is 1.08 bits per heavy atom. The molecule has 2 bridgehead atoms. The van der Waals surface area contributed by atoms with Crippen molar-refractivity contribution in [2.24, 2.45) is 23.5 Å². The molecule has 3 unspecified atom stereocenters. The third kappa shape index (κ3) is 7.60. The molecule has 9 heteroatoms. The van der Waals surface area contributed by atoms with Crippen LogP contribution in [0.1, 0.15) is 51.4 Å². The Bertz CT molecular complexity index is 933. The second-order valence-corrected chi connectivity index (χ2v) is 10.9. The first kappa shape index (κ1) is 27.2. The number of rotatable bonds is 13. The summed E-state index contributed by atoms with van der Waals surface area (Å²) in [4.78, 5) is 41.6. The van der Waals surface area contributed by atoms with Crippen LogP contribution in [0.5, 0.6) is 5.75 Å². The molecule has 1 saturated heterocycles. The Morgan fingerprint density at radius 3 is 2.54 bits per heavy atom. The van der Waals surface area contributed by atoms with Crippen molar-refractivity contribution in [1.29, 1.82) is 0 Å². The van der Waals surface area contributed by atoms with E-state index >= 15 is 0 Å². The van der Waals surface area contributed by atoms with Crippen molar-refractivity contribution < 1.29 is 19.1 Å². The first-order valence-electron chi connectivity index (χ1n) is 13.9. The highest BCUT2D eigenvalue weighted by Gasteiger charge is 2.40. The number of carbonyl (C=O) groups excluding carboxylic acids is 3. The topological polar surface area (TPSA) is 117 Å². The predicted octanol–water partition coefficient (Wildman–Crippen LogP) is 1.90. The minimum absolute atomic E-state index is 0.147. The van der Waals surface area contributed by atoms with E-state index in [0.29, 0.717) is 24.8 Å².